The molecule has 40 heavy (non-hydrogen) atoms. The zero-order valence-corrected chi connectivity index (χ0v) is 21.6. The average molecular weight is 517 g/mol. The fourth-order valence-corrected chi connectivity index (χ4v) is 5.20. The third kappa shape index (κ3) is 4.22. The molecule has 0 aliphatic rings. The molecule has 0 amide bonds. The van der Waals surface area contributed by atoms with Gasteiger partial charge < -0.3 is 5.11 Å². The number of aromatic hydroxyl groups is 1. The topological polar surface area (TPSA) is 50.9 Å². The maximum absolute atomic E-state index is 10.8. The van der Waals surface area contributed by atoms with Gasteiger partial charge in [0, 0.05) is 23.0 Å². The first-order valence-electron chi connectivity index (χ1n) is 13.7. The fourth-order valence-electron chi connectivity index (χ4n) is 5.20. The first-order valence-corrected chi connectivity index (χ1v) is 13.2. The number of hydrogen-bond donors (Lipinski definition) is 1. The van der Waals surface area contributed by atoms with E-state index in [1.807, 2.05) is 103 Å². The molecule has 0 aliphatic carbocycles. The van der Waals surface area contributed by atoms with Gasteiger partial charge in [-0.15, -0.1) is 0 Å². The average Bonchev–Trinajstić information content (AvgIpc) is 3.41. The van der Waals surface area contributed by atoms with Gasteiger partial charge in [0.1, 0.15) is 11.6 Å². The molecular formula is C36H25N3O. The largest absolute Gasteiger partial charge is 0.507 e. The summed E-state index contributed by atoms with van der Waals surface area (Å²) in [6.45, 7) is 0. The Balaban J connectivity index is 1.41. The van der Waals surface area contributed by atoms with Gasteiger partial charge in [0.05, 0.1) is 23.7 Å². The van der Waals surface area contributed by atoms with E-state index in [1.54, 1.807) is 12.1 Å². The highest BCUT2D eigenvalue weighted by molar-refractivity contribution is 5.96. The lowest BCUT2D eigenvalue weighted by atomic mass is 9.99. The van der Waals surface area contributed by atoms with Crippen molar-refractivity contribution in [3.05, 3.63) is 146 Å². The second-order valence-corrected chi connectivity index (χ2v) is 9.61. The summed E-state index contributed by atoms with van der Waals surface area (Å²) in [6.07, 6.45) is 0.225. The van der Waals surface area contributed by atoms with Crippen LogP contribution >= 0.6 is 0 Å². The van der Waals surface area contributed by atoms with Gasteiger partial charge in [0.25, 0.3) is 0 Å². The quantitative estimate of drug-likeness (QED) is 0.249. The van der Waals surface area contributed by atoms with E-state index < -0.39 is 0 Å². The molecule has 0 bridgehead atoms. The van der Waals surface area contributed by atoms with Gasteiger partial charge in [-0.1, -0.05) is 91.0 Å². The minimum absolute atomic E-state index is 0.180. The Bertz CT molecular complexity index is 2020. The molecule has 0 saturated heterocycles. The predicted molar refractivity (Wildman–Crippen MR) is 162 cm³/mol. The monoisotopic (exact) mass is 516 g/mol. The van der Waals surface area contributed by atoms with E-state index in [0.29, 0.717) is 11.4 Å². The minimum Gasteiger partial charge on any atom is -0.507 e. The van der Waals surface area contributed by atoms with Crippen molar-refractivity contribution in [2.75, 3.05) is 0 Å². The van der Waals surface area contributed by atoms with Crippen molar-refractivity contribution < 1.29 is 6.48 Å². The van der Waals surface area contributed by atoms with Crippen LogP contribution in [0.3, 0.4) is 0 Å². The molecule has 0 fully saturated rings. The van der Waals surface area contributed by atoms with Gasteiger partial charge in [0.15, 0.2) is 0 Å². The van der Waals surface area contributed by atoms with Gasteiger partial charge in [-0.05, 0) is 65.2 Å². The van der Waals surface area contributed by atoms with Gasteiger partial charge in [-0.2, -0.15) is 0 Å². The maximum atomic E-state index is 10.8. The highest BCUT2D eigenvalue weighted by Gasteiger charge is 2.19. The van der Waals surface area contributed by atoms with Crippen molar-refractivity contribution >= 4 is 11.0 Å². The van der Waals surface area contributed by atoms with Crippen molar-refractivity contribution in [3.63, 3.8) is 0 Å². The third-order valence-corrected chi connectivity index (χ3v) is 7.12. The second-order valence-electron chi connectivity index (χ2n) is 9.61. The molecule has 0 radical (unpaired) electrons. The van der Waals surface area contributed by atoms with Gasteiger partial charge in [0.2, 0.25) is 0 Å². The smallest absolute Gasteiger partial charge is 0.149 e. The van der Waals surface area contributed by atoms with E-state index in [2.05, 4.69) is 33.8 Å². The lowest BCUT2D eigenvalue weighted by Gasteiger charge is -2.11. The lowest BCUT2D eigenvalue weighted by Crippen LogP contribution is -1.97. The lowest BCUT2D eigenvalue weighted by molar-refractivity contribution is 0.477. The molecule has 2 heterocycles. The molecule has 0 aliphatic heterocycles. The Hall–Kier alpha value is -5.48. The highest BCUT2D eigenvalue weighted by atomic mass is 16.3. The molecule has 1 N–H and O–H groups in total. The molecule has 0 saturated carbocycles. The van der Waals surface area contributed by atoms with E-state index in [9.17, 15) is 5.11 Å². The summed E-state index contributed by atoms with van der Waals surface area (Å²) in [6, 6.07) is 45.7. The number of nitrogens with zero attached hydrogens (tertiary/aromatic N) is 3. The van der Waals surface area contributed by atoms with E-state index >= 15 is 0 Å². The van der Waals surface area contributed by atoms with Crippen LogP contribution in [0.2, 0.25) is 0 Å². The zero-order valence-electron chi connectivity index (χ0n) is 22.6. The van der Waals surface area contributed by atoms with Gasteiger partial charge >= 0.3 is 0 Å². The molecule has 4 heteroatoms. The summed E-state index contributed by atoms with van der Waals surface area (Å²) in [4.78, 5) is 9.68. The maximum Gasteiger partial charge on any atom is 0.149 e. The molecule has 0 atom stereocenters. The van der Waals surface area contributed by atoms with Crippen LogP contribution < -0.4 is 0 Å². The number of phenols is 1. The van der Waals surface area contributed by atoms with Crippen LogP contribution in [-0.4, -0.2) is 19.6 Å². The summed E-state index contributed by atoms with van der Waals surface area (Å²) in [7, 11) is 0. The zero-order chi connectivity index (χ0) is 27.8. The van der Waals surface area contributed by atoms with Crippen LogP contribution in [0.5, 0.6) is 5.75 Å². The predicted octanol–water partition coefficient (Wildman–Crippen LogP) is 8.79. The summed E-state index contributed by atoms with van der Waals surface area (Å²) < 4.78 is 10.5. The number of imidazole rings is 1. The molecule has 4 nitrogen and oxygen atoms in total. The number of benzene rings is 5. The number of pyridine rings is 1. The van der Waals surface area contributed by atoms with E-state index in [4.69, 9.17) is 6.35 Å². The van der Waals surface area contributed by atoms with Crippen LogP contribution in [0.15, 0.2) is 146 Å². The van der Waals surface area contributed by atoms with E-state index in [1.165, 1.54) is 0 Å². The number of para-hydroxylation sites is 3. The van der Waals surface area contributed by atoms with Crippen molar-refractivity contribution in [1.29, 1.82) is 0 Å². The number of phenolic OH excluding ortho intramolecular Hbond substituents is 1. The molecule has 190 valence electrons. The van der Waals surface area contributed by atoms with Crippen LogP contribution in [0.4, 0.5) is 0 Å². The third-order valence-electron chi connectivity index (χ3n) is 7.12. The van der Waals surface area contributed by atoms with E-state index in [0.717, 1.165) is 50.2 Å². The first-order chi connectivity index (χ1) is 20.2. The Morgan fingerprint density at radius 3 is 2.08 bits per heavy atom. The number of aromatic nitrogens is 3. The molecule has 7 rings (SSSR count). The Morgan fingerprint density at radius 2 is 1.25 bits per heavy atom. The molecule has 7 aromatic rings. The molecular weight excluding hydrogens is 490 g/mol. The number of fused-ring (bicyclic) bond motifs is 1. The Labute approximate surface area is 233 Å². The van der Waals surface area contributed by atoms with E-state index in [-0.39, 0.29) is 11.9 Å². The van der Waals surface area contributed by atoms with Crippen LogP contribution in [0, 0.1) is 0 Å². The molecule has 2 aromatic heterocycles. The molecule has 0 spiro atoms. The van der Waals surface area contributed by atoms with Crippen LogP contribution in [0.25, 0.3) is 61.6 Å². The summed E-state index contributed by atoms with van der Waals surface area (Å²) in [5, 5.41) is 10.8. The number of hydrogen-bond acceptors (Lipinski definition) is 3. The van der Waals surface area contributed by atoms with Crippen molar-refractivity contribution in [2.45, 2.75) is 0 Å². The fraction of sp³-hybridized carbons (Fsp3) is 0. The van der Waals surface area contributed by atoms with Gasteiger partial charge in [-0.25, -0.2) is 4.98 Å². The summed E-state index contributed by atoms with van der Waals surface area (Å²) >= 11 is 0. The molecule has 0 unspecified atom stereocenters. The van der Waals surface area contributed by atoms with Crippen molar-refractivity contribution in [3.8, 4) is 56.3 Å². The van der Waals surface area contributed by atoms with Gasteiger partial charge in [-0.3, -0.25) is 9.55 Å². The highest BCUT2D eigenvalue weighted by Crippen LogP contribution is 2.38. The van der Waals surface area contributed by atoms with Crippen LogP contribution in [-0.2, 0) is 0 Å². The second kappa shape index (κ2) is 10.0. The summed E-state index contributed by atoms with van der Waals surface area (Å²) in [5.74, 6) is 0.850. The summed E-state index contributed by atoms with van der Waals surface area (Å²) in [5.41, 5.74) is 9.05. The minimum atomic E-state index is 0.180. The standard InChI is InChI=1S/C36H25N3O/c40-34-20-8-7-17-31(34)36-38-35-30(18-10-19-33(35)39(36)29-15-5-2-6-16-29)27-13-9-14-28(23-27)32-24-26(21-22-37-32)25-11-3-1-4-12-25/h1-24,40H/i22D. The number of rotatable bonds is 5. The van der Waals surface area contributed by atoms with Crippen LogP contribution in [0.1, 0.15) is 1.37 Å². The Morgan fingerprint density at radius 1 is 0.575 bits per heavy atom. The normalized spacial score (nSPS) is 11.4. The van der Waals surface area contributed by atoms with Crippen molar-refractivity contribution in [1.82, 2.24) is 14.5 Å². The van der Waals surface area contributed by atoms with Crippen molar-refractivity contribution in [2.24, 2.45) is 0 Å². The molecule has 5 aromatic carbocycles. The first kappa shape index (κ1) is 22.5. The SMILES string of the molecule is [2H]c1cc(-c2ccccc2)cc(-c2cccc(-c3cccc4c3nc(-c3ccccc3O)n4-c3ccccc3)c2)n1. The Kier molecular flexibility index (Phi) is 5.63.